The molecule has 0 aliphatic rings. The molecule has 0 unspecified atom stereocenters. The second-order valence-corrected chi connectivity index (χ2v) is 4.76. The SMILES string of the molecule is Cc1c(N)cccc1-c1noc(/C=C/c2cnn(C)c2)n1. The topological polar surface area (TPSA) is 82.8 Å². The van der Waals surface area contributed by atoms with Gasteiger partial charge >= 0.3 is 0 Å². The maximum Gasteiger partial charge on any atom is 0.250 e. The first-order chi connectivity index (χ1) is 10.1. The molecule has 3 aromatic rings. The van der Waals surface area contributed by atoms with Crippen LogP contribution in [0.15, 0.2) is 35.1 Å². The van der Waals surface area contributed by atoms with Crippen LogP contribution in [0.2, 0.25) is 0 Å². The minimum atomic E-state index is 0.440. The van der Waals surface area contributed by atoms with Crippen molar-refractivity contribution in [2.45, 2.75) is 6.92 Å². The fourth-order valence-electron chi connectivity index (χ4n) is 2.00. The predicted molar refractivity (Wildman–Crippen MR) is 81.0 cm³/mol. The molecule has 21 heavy (non-hydrogen) atoms. The van der Waals surface area contributed by atoms with Crippen LogP contribution >= 0.6 is 0 Å². The minimum absolute atomic E-state index is 0.440. The summed E-state index contributed by atoms with van der Waals surface area (Å²) in [5.74, 6) is 0.973. The Bertz CT molecular complexity index is 800. The molecule has 6 nitrogen and oxygen atoms in total. The van der Waals surface area contributed by atoms with Crippen molar-refractivity contribution in [3.05, 3.63) is 47.6 Å². The van der Waals surface area contributed by atoms with Gasteiger partial charge in [-0.3, -0.25) is 4.68 Å². The summed E-state index contributed by atoms with van der Waals surface area (Å²) < 4.78 is 6.96. The summed E-state index contributed by atoms with van der Waals surface area (Å²) in [6.45, 7) is 1.94. The van der Waals surface area contributed by atoms with Crippen molar-refractivity contribution in [2.75, 3.05) is 5.73 Å². The third-order valence-electron chi connectivity index (χ3n) is 3.20. The van der Waals surface area contributed by atoms with Crippen molar-refractivity contribution in [1.29, 1.82) is 0 Å². The lowest BCUT2D eigenvalue weighted by atomic mass is 10.1. The number of nitrogens with zero attached hydrogens (tertiary/aromatic N) is 4. The highest BCUT2D eigenvalue weighted by Gasteiger charge is 2.10. The van der Waals surface area contributed by atoms with E-state index in [0.29, 0.717) is 17.4 Å². The minimum Gasteiger partial charge on any atom is -0.398 e. The number of benzene rings is 1. The Morgan fingerprint density at radius 2 is 2.14 bits per heavy atom. The van der Waals surface area contributed by atoms with E-state index in [4.69, 9.17) is 10.3 Å². The molecule has 0 aliphatic carbocycles. The number of hydrogen-bond acceptors (Lipinski definition) is 5. The van der Waals surface area contributed by atoms with E-state index in [9.17, 15) is 0 Å². The standard InChI is InChI=1S/C15H15N5O/c1-10-12(4-3-5-13(10)16)15-18-14(21-19-15)7-6-11-8-17-20(2)9-11/h3-9H,16H2,1-2H3/b7-6+. The normalized spacial score (nSPS) is 11.3. The molecule has 0 saturated heterocycles. The van der Waals surface area contributed by atoms with Gasteiger partial charge in [-0.2, -0.15) is 10.1 Å². The molecule has 0 atom stereocenters. The molecule has 1 aromatic carbocycles. The maximum atomic E-state index is 5.89. The molecule has 2 heterocycles. The van der Waals surface area contributed by atoms with E-state index in [1.54, 1.807) is 17.0 Å². The lowest BCUT2D eigenvalue weighted by Crippen LogP contribution is -1.92. The zero-order valence-corrected chi connectivity index (χ0v) is 11.8. The fourth-order valence-corrected chi connectivity index (χ4v) is 2.00. The molecule has 0 aliphatic heterocycles. The Balaban J connectivity index is 1.86. The summed E-state index contributed by atoms with van der Waals surface area (Å²) >= 11 is 0. The van der Waals surface area contributed by atoms with E-state index >= 15 is 0 Å². The smallest absolute Gasteiger partial charge is 0.250 e. The van der Waals surface area contributed by atoms with Crippen molar-refractivity contribution in [3.8, 4) is 11.4 Å². The summed E-state index contributed by atoms with van der Waals surface area (Å²) in [5, 5.41) is 8.08. The zero-order valence-electron chi connectivity index (χ0n) is 11.8. The Hall–Kier alpha value is -2.89. The van der Waals surface area contributed by atoms with E-state index < -0.39 is 0 Å². The average Bonchev–Trinajstić information content (AvgIpc) is 3.08. The Kier molecular flexibility index (Phi) is 3.27. The number of aryl methyl sites for hydroxylation is 1. The van der Waals surface area contributed by atoms with Gasteiger partial charge in [0.15, 0.2) is 0 Å². The molecule has 6 heteroatoms. The van der Waals surface area contributed by atoms with Crippen molar-refractivity contribution in [2.24, 2.45) is 7.05 Å². The number of nitrogen functional groups attached to an aromatic ring is 1. The summed E-state index contributed by atoms with van der Waals surface area (Å²) in [6, 6.07) is 5.65. The molecule has 0 saturated carbocycles. The highest BCUT2D eigenvalue weighted by Crippen LogP contribution is 2.24. The summed E-state index contributed by atoms with van der Waals surface area (Å²) in [7, 11) is 1.87. The first-order valence-corrected chi connectivity index (χ1v) is 6.49. The molecule has 0 radical (unpaired) electrons. The van der Waals surface area contributed by atoms with E-state index in [0.717, 1.165) is 16.7 Å². The van der Waals surface area contributed by atoms with Crippen molar-refractivity contribution in [3.63, 3.8) is 0 Å². The molecule has 2 N–H and O–H groups in total. The molecular weight excluding hydrogens is 266 g/mol. The highest BCUT2D eigenvalue weighted by atomic mass is 16.5. The first kappa shape index (κ1) is 13.1. The number of anilines is 1. The number of aromatic nitrogens is 4. The monoisotopic (exact) mass is 281 g/mol. The molecular formula is C15H15N5O. The van der Waals surface area contributed by atoms with Gasteiger partial charge in [-0.1, -0.05) is 17.3 Å². The quantitative estimate of drug-likeness (QED) is 0.746. The van der Waals surface area contributed by atoms with Crippen LogP contribution in [0.5, 0.6) is 0 Å². The van der Waals surface area contributed by atoms with Gasteiger partial charge in [0, 0.05) is 36.1 Å². The number of rotatable bonds is 3. The van der Waals surface area contributed by atoms with E-state index in [1.165, 1.54) is 0 Å². The van der Waals surface area contributed by atoms with Crippen LogP contribution in [0.4, 0.5) is 5.69 Å². The molecule has 3 rings (SSSR count). The number of nitrogens with two attached hydrogens (primary N) is 1. The van der Waals surface area contributed by atoms with E-state index in [1.807, 2.05) is 44.4 Å². The van der Waals surface area contributed by atoms with Gasteiger partial charge in [-0.15, -0.1) is 0 Å². The highest BCUT2D eigenvalue weighted by molar-refractivity contribution is 5.69. The average molecular weight is 281 g/mol. The molecule has 0 spiro atoms. The van der Waals surface area contributed by atoms with Gasteiger partial charge in [0.25, 0.3) is 5.89 Å². The van der Waals surface area contributed by atoms with Crippen LogP contribution in [0.25, 0.3) is 23.5 Å². The molecule has 0 bridgehead atoms. The van der Waals surface area contributed by atoms with Crippen LogP contribution in [0.3, 0.4) is 0 Å². The van der Waals surface area contributed by atoms with Gasteiger partial charge < -0.3 is 10.3 Å². The second kappa shape index (κ2) is 5.24. The van der Waals surface area contributed by atoms with Crippen molar-refractivity contribution in [1.82, 2.24) is 19.9 Å². The molecule has 106 valence electrons. The summed E-state index contributed by atoms with van der Waals surface area (Å²) in [4.78, 5) is 4.36. The van der Waals surface area contributed by atoms with Crippen LogP contribution in [0, 0.1) is 6.92 Å². The van der Waals surface area contributed by atoms with Crippen LogP contribution in [0.1, 0.15) is 17.0 Å². The van der Waals surface area contributed by atoms with Gasteiger partial charge in [-0.05, 0) is 24.6 Å². The van der Waals surface area contributed by atoms with Crippen molar-refractivity contribution >= 4 is 17.8 Å². The van der Waals surface area contributed by atoms with Gasteiger partial charge in [0.1, 0.15) is 0 Å². The predicted octanol–water partition coefficient (Wildman–Crippen LogP) is 2.53. The summed E-state index contributed by atoms with van der Waals surface area (Å²) in [5.41, 5.74) is 9.40. The van der Waals surface area contributed by atoms with Gasteiger partial charge in [-0.25, -0.2) is 0 Å². The van der Waals surface area contributed by atoms with E-state index in [-0.39, 0.29) is 0 Å². The Labute approximate surface area is 121 Å². The second-order valence-electron chi connectivity index (χ2n) is 4.76. The van der Waals surface area contributed by atoms with Crippen LogP contribution < -0.4 is 5.73 Å². The Morgan fingerprint density at radius 1 is 1.29 bits per heavy atom. The fraction of sp³-hybridized carbons (Fsp3) is 0.133. The van der Waals surface area contributed by atoms with Crippen LogP contribution in [-0.2, 0) is 7.05 Å². The third kappa shape index (κ3) is 2.69. The lowest BCUT2D eigenvalue weighted by Gasteiger charge is -2.03. The van der Waals surface area contributed by atoms with Gasteiger partial charge in [0.2, 0.25) is 5.82 Å². The van der Waals surface area contributed by atoms with Crippen LogP contribution in [-0.4, -0.2) is 19.9 Å². The third-order valence-corrected chi connectivity index (χ3v) is 3.20. The molecule has 0 amide bonds. The van der Waals surface area contributed by atoms with Gasteiger partial charge in [0.05, 0.1) is 6.20 Å². The molecule has 2 aromatic heterocycles. The largest absolute Gasteiger partial charge is 0.398 e. The zero-order chi connectivity index (χ0) is 14.8. The maximum absolute atomic E-state index is 5.89. The lowest BCUT2D eigenvalue weighted by molar-refractivity contribution is 0.411. The van der Waals surface area contributed by atoms with Crippen molar-refractivity contribution < 1.29 is 4.52 Å². The summed E-state index contributed by atoms with van der Waals surface area (Å²) in [6.07, 6.45) is 7.29. The Morgan fingerprint density at radius 3 is 2.90 bits per heavy atom. The molecule has 0 fully saturated rings. The number of hydrogen-bond donors (Lipinski definition) is 1. The first-order valence-electron chi connectivity index (χ1n) is 6.49. The van der Waals surface area contributed by atoms with E-state index in [2.05, 4.69) is 15.2 Å².